The molecule has 0 saturated carbocycles. The molecule has 0 fully saturated rings. The van der Waals surface area contributed by atoms with Crippen LogP contribution >= 0.6 is 0 Å². The minimum atomic E-state index is -4.32. The largest absolute Gasteiger partial charge is 0.416 e. The Morgan fingerprint density at radius 3 is 2.55 bits per heavy atom. The highest BCUT2D eigenvalue weighted by Gasteiger charge is 2.30. The quantitative estimate of drug-likeness (QED) is 0.871. The van der Waals surface area contributed by atoms with E-state index in [1.54, 1.807) is 6.20 Å². The first-order chi connectivity index (χ1) is 9.47. The molecule has 0 saturated heterocycles. The number of alkyl halides is 3. The number of benzene rings is 1. The van der Waals surface area contributed by atoms with Crippen LogP contribution in [0.25, 0.3) is 11.4 Å². The van der Waals surface area contributed by atoms with E-state index in [9.17, 15) is 13.2 Å². The number of aromatic nitrogens is 2. The molecule has 2 heterocycles. The van der Waals surface area contributed by atoms with Crippen LogP contribution in [0.2, 0.25) is 0 Å². The van der Waals surface area contributed by atoms with Gasteiger partial charge in [-0.25, -0.2) is 4.98 Å². The minimum Gasteiger partial charge on any atom is -0.312 e. The zero-order chi connectivity index (χ0) is 14.3. The van der Waals surface area contributed by atoms with Crippen LogP contribution in [0.15, 0.2) is 30.5 Å². The monoisotopic (exact) mass is 281 g/mol. The van der Waals surface area contributed by atoms with Crippen molar-refractivity contribution in [1.29, 1.82) is 0 Å². The maximum absolute atomic E-state index is 12.6. The zero-order valence-electron chi connectivity index (χ0n) is 10.7. The molecule has 106 valence electrons. The van der Waals surface area contributed by atoms with E-state index in [2.05, 4.69) is 4.98 Å². The number of imidazole rings is 1. The van der Waals surface area contributed by atoms with E-state index in [-0.39, 0.29) is 6.17 Å². The maximum Gasteiger partial charge on any atom is 0.416 e. The van der Waals surface area contributed by atoms with Crippen LogP contribution in [0.3, 0.4) is 0 Å². The van der Waals surface area contributed by atoms with E-state index in [1.165, 1.54) is 12.1 Å². The van der Waals surface area contributed by atoms with Gasteiger partial charge in [-0.1, -0.05) is 12.1 Å². The lowest BCUT2D eigenvalue weighted by Crippen LogP contribution is -2.25. The third-order valence-corrected chi connectivity index (χ3v) is 3.61. The molecule has 0 bridgehead atoms. The number of rotatable bonds is 1. The molecule has 1 aromatic carbocycles. The second-order valence-electron chi connectivity index (χ2n) is 4.98. The molecule has 1 aliphatic heterocycles. The first-order valence-corrected chi connectivity index (χ1v) is 6.46. The third kappa shape index (κ3) is 2.20. The molecule has 2 aromatic rings. The van der Waals surface area contributed by atoms with Crippen LogP contribution in [0.4, 0.5) is 13.2 Å². The normalized spacial score (nSPS) is 18.9. The van der Waals surface area contributed by atoms with Gasteiger partial charge in [0, 0.05) is 17.5 Å². The Balaban J connectivity index is 2.00. The minimum absolute atomic E-state index is 0.154. The second-order valence-corrected chi connectivity index (χ2v) is 4.98. The van der Waals surface area contributed by atoms with Crippen molar-refractivity contribution in [3.8, 4) is 11.4 Å². The molecule has 20 heavy (non-hydrogen) atoms. The number of aryl methyl sites for hydroxylation is 1. The van der Waals surface area contributed by atoms with Crippen molar-refractivity contribution in [2.24, 2.45) is 5.73 Å². The summed E-state index contributed by atoms with van der Waals surface area (Å²) in [6.07, 6.45) is 0.0588. The van der Waals surface area contributed by atoms with Gasteiger partial charge in [0.05, 0.1) is 11.7 Å². The van der Waals surface area contributed by atoms with Gasteiger partial charge in [-0.2, -0.15) is 13.2 Å². The Morgan fingerprint density at radius 2 is 1.90 bits per heavy atom. The number of hydrogen-bond acceptors (Lipinski definition) is 2. The fourth-order valence-corrected chi connectivity index (χ4v) is 2.59. The van der Waals surface area contributed by atoms with Crippen molar-refractivity contribution in [2.45, 2.75) is 31.6 Å². The van der Waals surface area contributed by atoms with Crippen LogP contribution in [-0.2, 0) is 12.6 Å². The van der Waals surface area contributed by atoms with Crippen molar-refractivity contribution in [3.05, 3.63) is 41.7 Å². The molecule has 1 unspecified atom stereocenters. The van der Waals surface area contributed by atoms with Crippen LogP contribution in [0.1, 0.15) is 30.3 Å². The van der Waals surface area contributed by atoms with Gasteiger partial charge in [0.15, 0.2) is 0 Å². The second kappa shape index (κ2) is 4.63. The molecule has 2 N–H and O–H groups in total. The predicted octanol–water partition coefficient (Wildman–Crippen LogP) is 3.36. The summed E-state index contributed by atoms with van der Waals surface area (Å²) in [6, 6.07) is 5.04. The van der Waals surface area contributed by atoms with E-state index in [0.717, 1.165) is 37.1 Å². The summed E-state index contributed by atoms with van der Waals surface area (Å²) in [5, 5.41) is 0. The van der Waals surface area contributed by atoms with Crippen molar-refractivity contribution in [2.75, 3.05) is 0 Å². The summed E-state index contributed by atoms with van der Waals surface area (Å²) >= 11 is 0. The molecule has 0 amide bonds. The maximum atomic E-state index is 12.6. The fourth-order valence-electron chi connectivity index (χ4n) is 2.59. The summed E-state index contributed by atoms with van der Waals surface area (Å²) < 4.78 is 39.6. The smallest absolute Gasteiger partial charge is 0.312 e. The highest BCUT2D eigenvalue weighted by Crippen LogP contribution is 2.32. The fraction of sp³-hybridized carbons (Fsp3) is 0.357. The Hall–Kier alpha value is -1.82. The number of nitrogens with zero attached hydrogens (tertiary/aromatic N) is 2. The Morgan fingerprint density at radius 1 is 1.20 bits per heavy atom. The lowest BCUT2D eigenvalue weighted by atomic mass is 10.1. The average molecular weight is 281 g/mol. The predicted molar refractivity (Wildman–Crippen MR) is 68.8 cm³/mol. The SMILES string of the molecule is NC1CCCc2cnc(-c3ccc(C(F)(F)F)cc3)n21. The van der Waals surface area contributed by atoms with Crippen LogP contribution < -0.4 is 5.73 Å². The van der Waals surface area contributed by atoms with E-state index < -0.39 is 11.7 Å². The van der Waals surface area contributed by atoms with Gasteiger partial charge in [-0.05, 0) is 31.4 Å². The molecular formula is C14H14F3N3. The van der Waals surface area contributed by atoms with Crippen LogP contribution in [-0.4, -0.2) is 9.55 Å². The van der Waals surface area contributed by atoms with Gasteiger partial charge < -0.3 is 10.3 Å². The molecule has 0 aliphatic carbocycles. The number of nitrogens with two attached hydrogens (primary N) is 1. The molecule has 0 spiro atoms. The van der Waals surface area contributed by atoms with Gasteiger partial charge in [0.1, 0.15) is 5.82 Å². The topological polar surface area (TPSA) is 43.8 Å². The van der Waals surface area contributed by atoms with Gasteiger partial charge in [0.25, 0.3) is 0 Å². The standard InChI is InChI=1S/C14H14F3N3/c15-14(16,17)10-6-4-9(5-7-10)13-19-8-11-2-1-3-12(18)20(11)13/h4-8,12H,1-3,18H2. The van der Waals surface area contributed by atoms with E-state index in [4.69, 9.17) is 5.73 Å². The number of fused-ring (bicyclic) bond motifs is 1. The highest BCUT2D eigenvalue weighted by atomic mass is 19.4. The van der Waals surface area contributed by atoms with Gasteiger partial charge in [0.2, 0.25) is 0 Å². The first-order valence-electron chi connectivity index (χ1n) is 6.46. The van der Waals surface area contributed by atoms with Gasteiger partial charge in [-0.3, -0.25) is 0 Å². The van der Waals surface area contributed by atoms with E-state index in [0.29, 0.717) is 11.4 Å². The lowest BCUT2D eigenvalue weighted by Gasteiger charge is -2.24. The number of hydrogen-bond donors (Lipinski definition) is 1. The molecule has 3 rings (SSSR count). The zero-order valence-corrected chi connectivity index (χ0v) is 10.7. The molecule has 6 heteroatoms. The summed E-state index contributed by atoms with van der Waals surface area (Å²) in [5.74, 6) is 0.640. The Bertz CT molecular complexity index is 614. The molecule has 1 aliphatic rings. The van der Waals surface area contributed by atoms with E-state index in [1.807, 2.05) is 4.57 Å². The van der Waals surface area contributed by atoms with E-state index >= 15 is 0 Å². The van der Waals surface area contributed by atoms with Gasteiger partial charge in [-0.15, -0.1) is 0 Å². The highest BCUT2D eigenvalue weighted by molar-refractivity contribution is 5.57. The van der Waals surface area contributed by atoms with Crippen LogP contribution in [0, 0.1) is 0 Å². The summed E-state index contributed by atoms with van der Waals surface area (Å²) in [5.41, 5.74) is 7.11. The molecule has 1 aromatic heterocycles. The lowest BCUT2D eigenvalue weighted by molar-refractivity contribution is -0.137. The van der Waals surface area contributed by atoms with Crippen LogP contribution in [0.5, 0.6) is 0 Å². The molecular weight excluding hydrogens is 267 g/mol. The number of halogens is 3. The van der Waals surface area contributed by atoms with Crippen molar-refractivity contribution >= 4 is 0 Å². The summed E-state index contributed by atoms with van der Waals surface area (Å²) in [6.45, 7) is 0. The Labute approximate surface area is 114 Å². The van der Waals surface area contributed by atoms with Crippen molar-refractivity contribution < 1.29 is 13.2 Å². The molecule has 3 nitrogen and oxygen atoms in total. The Kier molecular flexibility index (Phi) is 3.05. The van der Waals surface area contributed by atoms with Crippen molar-refractivity contribution in [3.63, 3.8) is 0 Å². The third-order valence-electron chi connectivity index (χ3n) is 3.61. The molecule has 1 atom stereocenters. The summed E-state index contributed by atoms with van der Waals surface area (Å²) in [7, 11) is 0. The molecule has 0 radical (unpaired) electrons. The summed E-state index contributed by atoms with van der Waals surface area (Å²) in [4.78, 5) is 4.31. The van der Waals surface area contributed by atoms with Gasteiger partial charge >= 0.3 is 6.18 Å². The average Bonchev–Trinajstić information content (AvgIpc) is 2.83. The van der Waals surface area contributed by atoms with Crippen molar-refractivity contribution in [1.82, 2.24) is 9.55 Å². The first kappa shape index (κ1) is 13.2.